The van der Waals surface area contributed by atoms with Crippen LogP contribution in [0.5, 0.6) is 0 Å². The first-order valence-corrected chi connectivity index (χ1v) is 8.57. The van der Waals surface area contributed by atoms with Crippen molar-refractivity contribution < 1.29 is 24.5 Å². The number of hydrogen-bond acceptors (Lipinski definition) is 8. The van der Waals surface area contributed by atoms with E-state index in [1.807, 2.05) is 0 Å². The lowest BCUT2D eigenvalue weighted by Gasteiger charge is -2.17. The number of aromatic amines is 1. The van der Waals surface area contributed by atoms with Crippen molar-refractivity contribution in [2.45, 2.75) is 24.5 Å². The van der Waals surface area contributed by atoms with Gasteiger partial charge in [-0.05, 0) is 18.2 Å². The number of aliphatic hydroxyl groups is 2. The number of nitrogens with one attached hydrogen (secondary N) is 1. The Kier molecular flexibility index (Phi) is 7.71. The van der Waals surface area contributed by atoms with Crippen molar-refractivity contribution in [3.8, 4) is 0 Å². The molecule has 0 bridgehead atoms. The normalized spacial score (nSPS) is 23.7. The summed E-state index contributed by atoms with van der Waals surface area (Å²) in [5, 5.41) is 20.4. The molecule has 3 heterocycles. The highest BCUT2D eigenvalue weighted by Crippen LogP contribution is 2.28. The van der Waals surface area contributed by atoms with Crippen LogP contribution >= 0.6 is 24.0 Å². The molecule has 3 rings (SSSR count). The number of carbonyl (C=O) groups is 1. The molecule has 0 amide bonds. The van der Waals surface area contributed by atoms with Crippen LogP contribution in [-0.4, -0.2) is 55.6 Å². The van der Waals surface area contributed by atoms with Crippen LogP contribution in [0.25, 0.3) is 6.08 Å². The number of nitrogens with zero attached hydrogens (tertiary/aromatic N) is 2. The predicted octanol–water partition coefficient (Wildman–Crippen LogP) is 0.0391. The summed E-state index contributed by atoms with van der Waals surface area (Å²) in [6.07, 6.45) is -0.118. The molecule has 0 spiro atoms. The fourth-order valence-electron chi connectivity index (χ4n) is 2.70. The molecule has 0 radical (unpaired) electrons. The monoisotopic (exact) mass is 445 g/mol. The number of hydrogen-bond donors (Lipinski definition) is 3. The minimum absolute atomic E-state index is 0. The second-order valence-electron chi connectivity index (χ2n) is 5.93. The Morgan fingerprint density at radius 1 is 1.38 bits per heavy atom. The van der Waals surface area contributed by atoms with E-state index in [1.54, 1.807) is 6.07 Å². The van der Waals surface area contributed by atoms with Crippen molar-refractivity contribution in [1.82, 2.24) is 14.5 Å². The largest absolute Gasteiger partial charge is 0.459 e. The minimum atomic E-state index is -1.50. The SMILES string of the molecule is Cl.O=C(OCC1OC(n2cc(/C=C/Cl)c(=O)[nH]c2=O)C(O)C1O)c1cccnc1. The van der Waals surface area contributed by atoms with Gasteiger partial charge in [0.2, 0.25) is 0 Å². The number of halogens is 2. The van der Waals surface area contributed by atoms with Gasteiger partial charge in [0.15, 0.2) is 6.23 Å². The van der Waals surface area contributed by atoms with Gasteiger partial charge in [0.25, 0.3) is 5.56 Å². The highest BCUT2D eigenvalue weighted by molar-refractivity contribution is 6.27. The maximum atomic E-state index is 12.1. The number of carbonyl (C=O) groups excluding carboxylic acids is 1. The summed E-state index contributed by atoms with van der Waals surface area (Å²) in [5.74, 6) is -0.683. The first kappa shape index (κ1) is 22.8. The van der Waals surface area contributed by atoms with Gasteiger partial charge in [-0.25, -0.2) is 9.59 Å². The lowest BCUT2D eigenvalue weighted by atomic mass is 10.1. The quantitative estimate of drug-likeness (QED) is 0.547. The van der Waals surface area contributed by atoms with Gasteiger partial charge in [0, 0.05) is 24.1 Å². The summed E-state index contributed by atoms with van der Waals surface area (Å²) in [4.78, 5) is 41.6. The lowest BCUT2D eigenvalue weighted by molar-refractivity contribution is -0.0599. The third-order valence-corrected chi connectivity index (χ3v) is 4.25. The number of pyridine rings is 1. The third-order valence-electron chi connectivity index (χ3n) is 4.13. The van der Waals surface area contributed by atoms with Crippen LogP contribution in [0.1, 0.15) is 22.1 Å². The molecule has 2 aromatic rings. The van der Waals surface area contributed by atoms with Crippen LogP contribution in [0.4, 0.5) is 0 Å². The molecule has 1 aliphatic heterocycles. The van der Waals surface area contributed by atoms with Crippen molar-refractivity contribution >= 4 is 36.1 Å². The van der Waals surface area contributed by atoms with E-state index < -0.39 is 41.8 Å². The van der Waals surface area contributed by atoms with E-state index in [2.05, 4.69) is 9.97 Å². The van der Waals surface area contributed by atoms with Gasteiger partial charge in [-0.2, -0.15) is 0 Å². The molecule has 0 aromatic carbocycles. The van der Waals surface area contributed by atoms with E-state index in [0.29, 0.717) is 0 Å². The topological polar surface area (TPSA) is 144 Å². The van der Waals surface area contributed by atoms with Crippen LogP contribution in [0.3, 0.4) is 0 Å². The number of ether oxygens (including phenoxy) is 2. The van der Waals surface area contributed by atoms with E-state index >= 15 is 0 Å². The van der Waals surface area contributed by atoms with Crippen molar-refractivity contribution in [1.29, 1.82) is 0 Å². The van der Waals surface area contributed by atoms with Gasteiger partial charge in [-0.15, -0.1) is 12.4 Å². The Bertz CT molecular complexity index is 993. The highest BCUT2D eigenvalue weighted by atomic mass is 35.5. The molecule has 4 atom stereocenters. The van der Waals surface area contributed by atoms with E-state index in [9.17, 15) is 24.6 Å². The molecule has 12 heteroatoms. The third kappa shape index (κ3) is 4.92. The number of esters is 1. The summed E-state index contributed by atoms with van der Waals surface area (Å²) < 4.78 is 11.5. The molecule has 0 saturated carbocycles. The molecule has 0 aliphatic carbocycles. The van der Waals surface area contributed by atoms with Crippen molar-refractivity contribution in [2.24, 2.45) is 0 Å². The van der Waals surface area contributed by atoms with Crippen LogP contribution in [-0.2, 0) is 9.47 Å². The number of rotatable bonds is 5. The molecule has 1 fully saturated rings. The Morgan fingerprint density at radius 3 is 2.79 bits per heavy atom. The molecule has 10 nitrogen and oxygen atoms in total. The Labute approximate surface area is 174 Å². The minimum Gasteiger partial charge on any atom is -0.459 e. The first-order chi connectivity index (χ1) is 13.4. The van der Waals surface area contributed by atoms with Crippen LogP contribution in [0.15, 0.2) is 45.8 Å². The average Bonchev–Trinajstić information content (AvgIpc) is 2.97. The fourth-order valence-corrected chi connectivity index (χ4v) is 2.83. The molecular formula is C17H17Cl2N3O7. The summed E-state index contributed by atoms with van der Waals surface area (Å²) in [5.41, 5.74) is -0.178. The Morgan fingerprint density at radius 2 is 2.14 bits per heavy atom. The summed E-state index contributed by atoms with van der Waals surface area (Å²) in [7, 11) is 0. The average molecular weight is 446 g/mol. The molecule has 4 unspecified atom stereocenters. The van der Waals surface area contributed by atoms with Gasteiger partial charge < -0.3 is 19.7 Å². The van der Waals surface area contributed by atoms with E-state index in [1.165, 1.54) is 24.5 Å². The zero-order chi connectivity index (χ0) is 20.3. The Balaban J connectivity index is 0.00000300. The van der Waals surface area contributed by atoms with Gasteiger partial charge in [-0.1, -0.05) is 11.6 Å². The summed E-state index contributed by atoms with van der Waals surface area (Å²) in [6.45, 7) is -0.366. The van der Waals surface area contributed by atoms with Gasteiger partial charge in [0.05, 0.1) is 11.1 Å². The van der Waals surface area contributed by atoms with Crippen LogP contribution < -0.4 is 11.2 Å². The highest BCUT2D eigenvalue weighted by Gasteiger charge is 2.44. The molecular weight excluding hydrogens is 429 g/mol. The van der Waals surface area contributed by atoms with E-state index in [4.69, 9.17) is 21.1 Å². The Hall–Kier alpha value is -2.50. The second-order valence-corrected chi connectivity index (χ2v) is 6.18. The van der Waals surface area contributed by atoms with Crippen molar-refractivity contribution in [3.63, 3.8) is 0 Å². The van der Waals surface area contributed by atoms with Crippen LogP contribution in [0.2, 0.25) is 0 Å². The van der Waals surface area contributed by atoms with E-state index in [0.717, 1.165) is 16.3 Å². The first-order valence-electron chi connectivity index (χ1n) is 8.13. The molecule has 29 heavy (non-hydrogen) atoms. The lowest BCUT2D eigenvalue weighted by Crippen LogP contribution is -2.38. The predicted molar refractivity (Wildman–Crippen MR) is 104 cm³/mol. The molecule has 156 valence electrons. The standard InChI is InChI=1S/C17H16ClN3O7.ClH/c18-4-3-10-7-21(17(26)20-14(10)24)15-13(23)12(22)11(28-15)8-27-16(25)9-2-1-5-19-6-9;/h1-7,11-13,15,22-23H,8H2,(H,20,24,26);1H/b4-3+;. The van der Waals surface area contributed by atoms with Crippen molar-refractivity contribution in [2.75, 3.05) is 6.61 Å². The molecule has 2 aromatic heterocycles. The second kappa shape index (κ2) is 9.81. The summed E-state index contributed by atoms with van der Waals surface area (Å²) >= 11 is 5.46. The fraction of sp³-hybridized carbons (Fsp3) is 0.294. The smallest absolute Gasteiger partial charge is 0.339 e. The van der Waals surface area contributed by atoms with Crippen LogP contribution in [0, 0.1) is 0 Å². The summed E-state index contributed by atoms with van der Waals surface area (Å²) in [6, 6.07) is 3.07. The van der Waals surface area contributed by atoms with Crippen molar-refractivity contribution in [3.05, 3.63) is 68.2 Å². The zero-order valence-corrected chi connectivity index (χ0v) is 16.2. The number of aliphatic hydroxyl groups excluding tert-OH is 2. The van der Waals surface area contributed by atoms with Gasteiger partial charge in [-0.3, -0.25) is 19.3 Å². The van der Waals surface area contributed by atoms with Gasteiger partial charge >= 0.3 is 11.7 Å². The zero-order valence-electron chi connectivity index (χ0n) is 14.7. The molecule has 3 N–H and O–H groups in total. The van der Waals surface area contributed by atoms with E-state index in [-0.39, 0.29) is 30.1 Å². The van der Waals surface area contributed by atoms with Gasteiger partial charge in [0.1, 0.15) is 24.9 Å². The molecule has 1 aliphatic rings. The molecule has 1 saturated heterocycles. The maximum absolute atomic E-state index is 12.1. The number of H-pyrrole nitrogens is 1. The number of aromatic nitrogens is 3. The maximum Gasteiger partial charge on any atom is 0.339 e.